The predicted molar refractivity (Wildman–Crippen MR) is 77.3 cm³/mol. The van der Waals surface area contributed by atoms with Gasteiger partial charge in [-0.15, -0.1) is 0 Å². The molecule has 1 aromatic carbocycles. The van der Waals surface area contributed by atoms with Gasteiger partial charge in [-0.25, -0.2) is 8.78 Å². The second-order valence-electron chi connectivity index (χ2n) is 5.73. The Morgan fingerprint density at radius 2 is 2.05 bits per heavy atom. The zero-order chi connectivity index (χ0) is 14.2. The Morgan fingerprint density at radius 1 is 1.37 bits per heavy atom. The zero-order valence-corrected chi connectivity index (χ0v) is 11.9. The van der Waals surface area contributed by atoms with Crippen LogP contribution in [0.1, 0.15) is 38.7 Å². The first-order valence-electron chi connectivity index (χ1n) is 6.37. The van der Waals surface area contributed by atoms with Gasteiger partial charge in [-0.2, -0.15) is 0 Å². The van der Waals surface area contributed by atoms with Gasteiger partial charge >= 0.3 is 0 Å². The Bertz CT molecular complexity index is 514. The van der Waals surface area contributed by atoms with Crippen LogP contribution in [0.15, 0.2) is 12.1 Å². The first-order chi connectivity index (χ1) is 8.83. The molecule has 0 radical (unpaired) electrons. The minimum atomic E-state index is -0.978. The highest BCUT2D eigenvalue weighted by atomic mass is 32.1. The van der Waals surface area contributed by atoms with E-state index in [1.54, 1.807) is 0 Å². The van der Waals surface area contributed by atoms with Crippen LogP contribution in [0.3, 0.4) is 0 Å². The van der Waals surface area contributed by atoms with E-state index in [-0.39, 0.29) is 27.7 Å². The fourth-order valence-electron chi connectivity index (χ4n) is 2.63. The Labute approximate surface area is 117 Å². The molecule has 1 aromatic rings. The summed E-state index contributed by atoms with van der Waals surface area (Å²) in [6.07, 6.45) is 3.14. The van der Waals surface area contributed by atoms with Gasteiger partial charge in [0.2, 0.25) is 0 Å². The Morgan fingerprint density at radius 3 is 2.58 bits per heavy atom. The topological polar surface area (TPSA) is 38.0 Å². The molecule has 3 N–H and O–H groups in total. The number of benzene rings is 1. The molecule has 0 bridgehead atoms. The highest BCUT2D eigenvalue weighted by Crippen LogP contribution is 2.39. The van der Waals surface area contributed by atoms with Crippen molar-refractivity contribution in [2.45, 2.75) is 39.2 Å². The van der Waals surface area contributed by atoms with Crippen molar-refractivity contribution in [2.75, 3.05) is 5.32 Å². The van der Waals surface area contributed by atoms with Crippen molar-refractivity contribution in [1.82, 2.24) is 0 Å². The molecule has 0 amide bonds. The number of anilines is 1. The van der Waals surface area contributed by atoms with Gasteiger partial charge in [0, 0.05) is 11.6 Å². The SMILES string of the molecule is CC1(C)CCCC1Nc1ccc(C(N)=S)c(F)c1F. The van der Waals surface area contributed by atoms with Crippen molar-refractivity contribution in [3.05, 3.63) is 29.3 Å². The molecule has 1 aliphatic rings. The van der Waals surface area contributed by atoms with E-state index in [4.69, 9.17) is 5.73 Å². The van der Waals surface area contributed by atoms with Gasteiger partial charge in [0.1, 0.15) is 4.99 Å². The van der Waals surface area contributed by atoms with E-state index in [0.717, 1.165) is 19.3 Å². The van der Waals surface area contributed by atoms with Gasteiger partial charge in [-0.3, -0.25) is 0 Å². The maximum atomic E-state index is 14.0. The van der Waals surface area contributed by atoms with E-state index in [9.17, 15) is 8.78 Å². The van der Waals surface area contributed by atoms with E-state index >= 15 is 0 Å². The third-order valence-electron chi connectivity index (χ3n) is 3.93. The van der Waals surface area contributed by atoms with Crippen molar-refractivity contribution in [2.24, 2.45) is 11.1 Å². The maximum Gasteiger partial charge on any atom is 0.182 e. The summed E-state index contributed by atoms with van der Waals surface area (Å²) in [5.74, 6) is -1.89. The molecule has 104 valence electrons. The average Bonchev–Trinajstić information content (AvgIpc) is 2.64. The smallest absolute Gasteiger partial charge is 0.182 e. The molecule has 0 aromatic heterocycles. The second-order valence-corrected chi connectivity index (χ2v) is 6.17. The molecule has 19 heavy (non-hydrogen) atoms. The van der Waals surface area contributed by atoms with Crippen LogP contribution in [0.5, 0.6) is 0 Å². The van der Waals surface area contributed by atoms with Crippen molar-refractivity contribution in [3.8, 4) is 0 Å². The second kappa shape index (κ2) is 5.04. The largest absolute Gasteiger partial charge is 0.389 e. The summed E-state index contributed by atoms with van der Waals surface area (Å²) in [5, 5.41) is 3.11. The molecule has 2 rings (SSSR count). The molecule has 1 atom stereocenters. The van der Waals surface area contributed by atoms with Crippen LogP contribution in [0, 0.1) is 17.0 Å². The number of hydrogen-bond donors (Lipinski definition) is 2. The molecular formula is C14H18F2N2S. The number of halogens is 2. The number of thiocarbonyl (C=S) groups is 1. The lowest BCUT2D eigenvalue weighted by atomic mass is 9.87. The summed E-state index contributed by atoms with van der Waals surface area (Å²) in [5.41, 5.74) is 5.56. The van der Waals surface area contributed by atoms with E-state index in [2.05, 4.69) is 31.4 Å². The third kappa shape index (κ3) is 2.71. The van der Waals surface area contributed by atoms with E-state index in [1.165, 1.54) is 12.1 Å². The first-order valence-corrected chi connectivity index (χ1v) is 6.78. The lowest BCUT2D eigenvalue weighted by molar-refractivity contribution is 0.348. The van der Waals surface area contributed by atoms with Gasteiger partial charge in [0.05, 0.1) is 5.69 Å². The monoisotopic (exact) mass is 284 g/mol. The number of rotatable bonds is 3. The highest BCUT2D eigenvalue weighted by molar-refractivity contribution is 7.80. The zero-order valence-electron chi connectivity index (χ0n) is 11.1. The predicted octanol–water partition coefficient (Wildman–Crippen LogP) is 3.59. The molecule has 1 saturated carbocycles. The summed E-state index contributed by atoms with van der Waals surface area (Å²) < 4.78 is 27.8. The highest BCUT2D eigenvalue weighted by Gasteiger charge is 2.35. The molecule has 0 heterocycles. The Hall–Kier alpha value is -1.23. The molecule has 1 fully saturated rings. The molecule has 5 heteroatoms. The molecule has 1 unspecified atom stereocenters. The normalized spacial score (nSPS) is 21.4. The molecular weight excluding hydrogens is 266 g/mol. The van der Waals surface area contributed by atoms with Gasteiger partial charge < -0.3 is 11.1 Å². The van der Waals surface area contributed by atoms with E-state index < -0.39 is 11.6 Å². The standard InChI is InChI=1S/C14H18F2N2S/c1-14(2)7-3-4-10(14)18-9-6-5-8(13(17)19)11(15)12(9)16/h5-6,10,18H,3-4,7H2,1-2H3,(H2,17,19). The lowest BCUT2D eigenvalue weighted by Crippen LogP contribution is -2.31. The average molecular weight is 284 g/mol. The van der Waals surface area contributed by atoms with Crippen LogP contribution in [0.4, 0.5) is 14.5 Å². The quantitative estimate of drug-likeness (QED) is 0.833. The first kappa shape index (κ1) is 14.2. The van der Waals surface area contributed by atoms with Gasteiger partial charge in [-0.1, -0.05) is 32.5 Å². The number of hydrogen-bond acceptors (Lipinski definition) is 2. The summed E-state index contributed by atoms with van der Waals surface area (Å²) in [6.45, 7) is 4.27. The van der Waals surface area contributed by atoms with Crippen molar-refractivity contribution in [1.29, 1.82) is 0 Å². The van der Waals surface area contributed by atoms with Crippen LogP contribution >= 0.6 is 12.2 Å². The molecule has 0 spiro atoms. The number of nitrogens with two attached hydrogens (primary N) is 1. The minimum absolute atomic E-state index is 0.0521. The van der Waals surface area contributed by atoms with Crippen molar-refractivity contribution < 1.29 is 8.78 Å². The fourth-order valence-corrected chi connectivity index (χ4v) is 2.79. The molecule has 1 aliphatic carbocycles. The van der Waals surface area contributed by atoms with Gasteiger partial charge in [0.25, 0.3) is 0 Å². The fraction of sp³-hybridized carbons (Fsp3) is 0.500. The van der Waals surface area contributed by atoms with Crippen LogP contribution < -0.4 is 11.1 Å². The lowest BCUT2D eigenvalue weighted by Gasteiger charge is -2.29. The Kier molecular flexibility index (Phi) is 3.76. The van der Waals surface area contributed by atoms with Gasteiger partial charge in [0.15, 0.2) is 11.6 Å². The number of nitrogens with one attached hydrogen (secondary N) is 1. The van der Waals surface area contributed by atoms with Gasteiger partial charge in [-0.05, 0) is 30.4 Å². The summed E-state index contributed by atoms with van der Waals surface area (Å²) in [7, 11) is 0. The van der Waals surface area contributed by atoms with E-state index in [1.807, 2.05) is 0 Å². The Balaban J connectivity index is 2.27. The van der Waals surface area contributed by atoms with Crippen LogP contribution in [-0.2, 0) is 0 Å². The van der Waals surface area contributed by atoms with Crippen molar-refractivity contribution in [3.63, 3.8) is 0 Å². The third-order valence-corrected chi connectivity index (χ3v) is 4.15. The summed E-state index contributed by atoms with van der Waals surface area (Å²) >= 11 is 4.68. The van der Waals surface area contributed by atoms with E-state index in [0.29, 0.717) is 0 Å². The summed E-state index contributed by atoms with van der Waals surface area (Å²) in [6, 6.07) is 3.07. The summed E-state index contributed by atoms with van der Waals surface area (Å²) in [4.78, 5) is -0.135. The molecule has 0 aliphatic heterocycles. The maximum absolute atomic E-state index is 14.0. The van der Waals surface area contributed by atoms with Crippen LogP contribution in [0.25, 0.3) is 0 Å². The molecule has 2 nitrogen and oxygen atoms in total. The van der Waals surface area contributed by atoms with Crippen LogP contribution in [-0.4, -0.2) is 11.0 Å². The molecule has 0 saturated heterocycles. The van der Waals surface area contributed by atoms with Crippen LogP contribution in [0.2, 0.25) is 0 Å². The minimum Gasteiger partial charge on any atom is -0.389 e. The van der Waals surface area contributed by atoms with Crippen molar-refractivity contribution >= 4 is 22.9 Å².